The number of aliphatic carboxylic acids is 1. The minimum absolute atomic E-state index is 0.389. The second kappa shape index (κ2) is 6.48. The zero-order valence-electron chi connectivity index (χ0n) is 13.9. The van der Waals surface area contributed by atoms with Gasteiger partial charge < -0.3 is 10.4 Å². The van der Waals surface area contributed by atoms with Gasteiger partial charge in [-0.2, -0.15) is 0 Å². The maximum Gasteiger partial charge on any atom is 0.327 e. The molecule has 0 fully saturated rings. The van der Waals surface area contributed by atoms with Gasteiger partial charge in [0, 0.05) is 11.5 Å². The Labute approximate surface area is 151 Å². The average Bonchev–Trinajstić information content (AvgIpc) is 3.01. The highest BCUT2D eigenvalue weighted by Crippen LogP contribution is 2.46. The third kappa shape index (κ3) is 2.65. The molecule has 0 heterocycles. The number of amides is 1. The normalized spacial score (nSPS) is 13.5. The molecule has 1 amide bonds. The third-order valence-electron chi connectivity index (χ3n) is 4.80. The quantitative estimate of drug-likeness (QED) is 0.759. The first kappa shape index (κ1) is 16.1. The summed E-state index contributed by atoms with van der Waals surface area (Å²) in [7, 11) is 0. The molecule has 0 aliphatic heterocycles. The topological polar surface area (TPSA) is 66.4 Å². The van der Waals surface area contributed by atoms with Crippen LogP contribution in [0, 0.1) is 0 Å². The highest BCUT2D eigenvalue weighted by molar-refractivity contribution is 5.97. The van der Waals surface area contributed by atoms with Gasteiger partial charge in [-0.15, -0.1) is 0 Å². The fraction of sp³-hybridized carbons (Fsp3) is 0.0909. The number of rotatable bonds is 4. The average molecular weight is 343 g/mol. The molecular formula is C22H17NO3. The van der Waals surface area contributed by atoms with Gasteiger partial charge in [0.25, 0.3) is 5.91 Å². The number of benzene rings is 3. The Kier molecular flexibility index (Phi) is 4.01. The first-order chi connectivity index (χ1) is 12.7. The number of carbonyl (C=O) groups excluding carboxylic acids is 1. The summed E-state index contributed by atoms with van der Waals surface area (Å²) in [5, 5.41) is 12.6. The third-order valence-corrected chi connectivity index (χ3v) is 4.80. The molecule has 0 saturated carbocycles. The second-order valence-electron chi connectivity index (χ2n) is 6.31. The maximum atomic E-state index is 12.6. The van der Waals surface area contributed by atoms with Crippen molar-refractivity contribution in [1.82, 2.24) is 5.32 Å². The lowest BCUT2D eigenvalue weighted by Gasteiger charge is -2.23. The van der Waals surface area contributed by atoms with E-state index in [4.69, 9.17) is 0 Å². The Morgan fingerprint density at radius 1 is 0.769 bits per heavy atom. The number of hydrogen-bond donors (Lipinski definition) is 2. The molecule has 3 aromatic carbocycles. The Morgan fingerprint density at radius 3 is 1.81 bits per heavy atom. The first-order valence-electron chi connectivity index (χ1n) is 8.44. The van der Waals surface area contributed by atoms with E-state index in [0.29, 0.717) is 5.56 Å². The van der Waals surface area contributed by atoms with E-state index >= 15 is 0 Å². The lowest BCUT2D eigenvalue weighted by atomic mass is 9.89. The smallest absolute Gasteiger partial charge is 0.327 e. The van der Waals surface area contributed by atoms with Crippen LogP contribution in [-0.4, -0.2) is 23.0 Å². The van der Waals surface area contributed by atoms with E-state index in [1.165, 1.54) is 0 Å². The van der Waals surface area contributed by atoms with Crippen molar-refractivity contribution >= 4 is 11.9 Å². The van der Waals surface area contributed by atoms with Crippen LogP contribution in [0.1, 0.15) is 27.4 Å². The number of carboxylic acids is 1. The SMILES string of the molecule is O=C(N[C@@H](C(=O)O)C1c2ccccc2-c2ccccc21)c1ccccc1. The number of fused-ring (bicyclic) bond motifs is 3. The summed E-state index contributed by atoms with van der Waals surface area (Å²) in [5.74, 6) is -1.86. The molecule has 0 bridgehead atoms. The molecule has 0 saturated heterocycles. The molecule has 1 aliphatic carbocycles. The first-order valence-corrected chi connectivity index (χ1v) is 8.44. The Morgan fingerprint density at radius 2 is 1.27 bits per heavy atom. The van der Waals surface area contributed by atoms with Crippen molar-refractivity contribution in [2.45, 2.75) is 12.0 Å². The Bertz CT molecular complexity index is 936. The largest absolute Gasteiger partial charge is 0.480 e. The molecule has 4 nitrogen and oxygen atoms in total. The van der Waals surface area contributed by atoms with E-state index in [-0.39, 0.29) is 5.91 Å². The van der Waals surface area contributed by atoms with E-state index in [1.54, 1.807) is 24.3 Å². The van der Waals surface area contributed by atoms with Crippen molar-refractivity contribution in [3.8, 4) is 11.1 Å². The molecular weight excluding hydrogens is 326 g/mol. The van der Waals surface area contributed by atoms with Crippen LogP contribution >= 0.6 is 0 Å². The highest BCUT2D eigenvalue weighted by Gasteiger charge is 2.38. The molecule has 0 radical (unpaired) electrons. The van der Waals surface area contributed by atoms with Gasteiger partial charge >= 0.3 is 5.97 Å². The van der Waals surface area contributed by atoms with Crippen LogP contribution in [0.3, 0.4) is 0 Å². The Hall–Kier alpha value is -3.40. The molecule has 2 N–H and O–H groups in total. The molecule has 1 atom stereocenters. The van der Waals surface area contributed by atoms with Crippen molar-refractivity contribution in [3.05, 3.63) is 95.6 Å². The van der Waals surface area contributed by atoms with Gasteiger partial charge in [0.15, 0.2) is 0 Å². The minimum Gasteiger partial charge on any atom is -0.480 e. The van der Waals surface area contributed by atoms with E-state index in [2.05, 4.69) is 5.32 Å². The molecule has 0 unspecified atom stereocenters. The summed E-state index contributed by atoms with van der Waals surface area (Å²) in [5.41, 5.74) is 4.34. The predicted octanol–water partition coefficient (Wildman–Crippen LogP) is 3.68. The standard InChI is InChI=1S/C22H17NO3/c24-21(14-8-2-1-3-9-14)23-20(22(25)26)19-17-12-6-4-10-15(17)16-11-5-7-13-18(16)19/h1-13,19-20H,(H,23,24)(H,25,26)/t20-/m1/s1. The van der Waals surface area contributed by atoms with Crippen LogP contribution in [0.2, 0.25) is 0 Å². The summed E-state index contributed by atoms with van der Waals surface area (Å²) >= 11 is 0. The monoisotopic (exact) mass is 343 g/mol. The van der Waals surface area contributed by atoms with E-state index < -0.39 is 17.9 Å². The Balaban J connectivity index is 1.76. The lowest BCUT2D eigenvalue weighted by Crippen LogP contribution is -2.44. The van der Waals surface area contributed by atoms with Crippen LogP contribution < -0.4 is 5.32 Å². The zero-order valence-corrected chi connectivity index (χ0v) is 13.9. The fourth-order valence-electron chi connectivity index (χ4n) is 3.66. The molecule has 3 aromatic rings. The van der Waals surface area contributed by atoms with Gasteiger partial charge in [-0.3, -0.25) is 4.79 Å². The number of carbonyl (C=O) groups is 2. The van der Waals surface area contributed by atoms with Crippen molar-refractivity contribution in [1.29, 1.82) is 0 Å². The predicted molar refractivity (Wildman–Crippen MR) is 99.1 cm³/mol. The molecule has 4 rings (SSSR count). The summed E-state index contributed by atoms with van der Waals surface area (Å²) in [6.45, 7) is 0. The molecule has 0 aromatic heterocycles. The van der Waals surface area contributed by atoms with Gasteiger partial charge in [0.05, 0.1) is 0 Å². The van der Waals surface area contributed by atoms with Crippen molar-refractivity contribution in [2.75, 3.05) is 0 Å². The summed E-state index contributed by atoms with van der Waals surface area (Å²) in [6, 6.07) is 23.2. The lowest BCUT2D eigenvalue weighted by molar-refractivity contribution is -0.139. The summed E-state index contributed by atoms with van der Waals surface area (Å²) in [6.07, 6.45) is 0. The molecule has 1 aliphatic rings. The fourth-order valence-corrected chi connectivity index (χ4v) is 3.66. The van der Waals surface area contributed by atoms with Crippen molar-refractivity contribution in [3.63, 3.8) is 0 Å². The summed E-state index contributed by atoms with van der Waals surface area (Å²) in [4.78, 5) is 24.6. The van der Waals surface area contributed by atoms with Gasteiger partial charge in [-0.25, -0.2) is 4.79 Å². The second-order valence-corrected chi connectivity index (χ2v) is 6.31. The van der Waals surface area contributed by atoms with Crippen LogP contribution in [0.5, 0.6) is 0 Å². The van der Waals surface area contributed by atoms with E-state index in [9.17, 15) is 14.7 Å². The maximum absolute atomic E-state index is 12.6. The van der Waals surface area contributed by atoms with Crippen LogP contribution in [0.25, 0.3) is 11.1 Å². The zero-order chi connectivity index (χ0) is 18.1. The number of hydrogen-bond acceptors (Lipinski definition) is 2. The van der Waals surface area contributed by atoms with Gasteiger partial charge in [0.1, 0.15) is 6.04 Å². The van der Waals surface area contributed by atoms with Gasteiger partial charge in [-0.1, -0.05) is 66.7 Å². The van der Waals surface area contributed by atoms with E-state index in [0.717, 1.165) is 22.3 Å². The summed E-state index contributed by atoms with van der Waals surface area (Å²) < 4.78 is 0. The van der Waals surface area contributed by atoms with Gasteiger partial charge in [-0.05, 0) is 34.4 Å². The van der Waals surface area contributed by atoms with E-state index in [1.807, 2.05) is 54.6 Å². The molecule has 0 spiro atoms. The number of carboxylic acid groups (broad SMARTS) is 1. The molecule has 128 valence electrons. The van der Waals surface area contributed by atoms with Crippen LogP contribution in [-0.2, 0) is 4.79 Å². The van der Waals surface area contributed by atoms with Crippen LogP contribution in [0.15, 0.2) is 78.9 Å². The molecule has 26 heavy (non-hydrogen) atoms. The van der Waals surface area contributed by atoms with Crippen molar-refractivity contribution in [2.24, 2.45) is 0 Å². The van der Waals surface area contributed by atoms with Gasteiger partial charge in [0.2, 0.25) is 0 Å². The number of nitrogens with one attached hydrogen (secondary N) is 1. The molecule has 4 heteroatoms. The van der Waals surface area contributed by atoms with Crippen molar-refractivity contribution < 1.29 is 14.7 Å². The highest BCUT2D eigenvalue weighted by atomic mass is 16.4. The van der Waals surface area contributed by atoms with Crippen LogP contribution in [0.4, 0.5) is 0 Å². The minimum atomic E-state index is -1.05.